The first-order valence-corrected chi connectivity index (χ1v) is 12.1. The fourth-order valence-electron chi connectivity index (χ4n) is 4.79. The molecule has 1 unspecified atom stereocenters. The lowest BCUT2D eigenvalue weighted by molar-refractivity contribution is 0.0698. The molecular weight excluding hydrogens is 450 g/mol. The van der Waals surface area contributed by atoms with Gasteiger partial charge >= 0.3 is 0 Å². The van der Waals surface area contributed by atoms with E-state index in [4.69, 9.17) is 9.40 Å². The second kappa shape index (κ2) is 9.62. The quantitative estimate of drug-likeness (QED) is 0.330. The number of nitrogens with zero attached hydrogens (tertiary/aromatic N) is 5. The fourth-order valence-corrected chi connectivity index (χ4v) is 4.79. The summed E-state index contributed by atoms with van der Waals surface area (Å²) in [5.74, 6) is 1.41. The molecule has 5 aromatic rings. The molecule has 1 aliphatic heterocycles. The number of carbonyl (C=O) groups excluding carboxylic acids is 1. The Morgan fingerprint density at radius 3 is 2.25 bits per heavy atom. The normalized spacial score (nSPS) is 15.7. The second-order valence-corrected chi connectivity index (χ2v) is 8.89. The summed E-state index contributed by atoms with van der Waals surface area (Å²) in [5.41, 5.74) is 4.07. The first-order chi connectivity index (χ1) is 17.8. The fraction of sp³-hybridized carbons (Fsp3) is 0.172. The molecule has 0 bridgehead atoms. The van der Waals surface area contributed by atoms with Crippen molar-refractivity contribution in [2.24, 2.45) is 0 Å². The zero-order valence-corrected chi connectivity index (χ0v) is 19.7. The third-order valence-corrected chi connectivity index (χ3v) is 6.55. The van der Waals surface area contributed by atoms with Crippen LogP contribution in [0.2, 0.25) is 0 Å². The van der Waals surface area contributed by atoms with E-state index in [9.17, 15) is 4.79 Å². The summed E-state index contributed by atoms with van der Waals surface area (Å²) in [6.07, 6.45) is 5.00. The molecule has 6 rings (SSSR count). The molecule has 0 N–H and O–H groups in total. The van der Waals surface area contributed by atoms with E-state index in [1.165, 1.54) is 4.80 Å². The van der Waals surface area contributed by atoms with Crippen molar-refractivity contribution < 1.29 is 9.21 Å². The molecule has 1 aliphatic rings. The van der Waals surface area contributed by atoms with Crippen molar-refractivity contribution in [3.05, 3.63) is 109 Å². The summed E-state index contributed by atoms with van der Waals surface area (Å²) in [6, 6.07) is 27.6. The monoisotopic (exact) mass is 475 g/mol. The number of benzene rings is 3. The molecule has 178 valence electrons. The summed E-state index contributed by atoms with van der Waals surface area (Å²) in [4.78, 5) is 22.0. The van der Waals surface area contributed by atoms with Gasteiger partial charge < -0.3 is 9.32 Å². The van der Waals surface area contributed by atoms with Crippen molar-refractivity contribution in [1.82, 2.24) is 24.9 Å². The predicted octanol–water partition coefficient (Wildman–Crippen LogP) is 5.61. The van der Waals surface area contributed by atoms with Crippen LogP contribution in [0.4, 0.5) is 0 Å². The highest BCUT2D eigenvalue weighted by molar-refractivity contribution is 5.97. The Labute approximate surface area is 209 Å². The van der Waals surface area contributed by atoms with Crippen LogP contribution in [0.5, 0.6) is 0 Å². The van der Waals surface area contributed by atoms with Crippen LogP contribution in [0.1, 0.15) is 35.0 Å². The number of hydrogen-bond donors (Lipinski definition) is 0. The Morgan fingerprint density at radius 1 is 0.833 bits per heavy atom. The zero-order valence-electron chi connectivity index (χ0n) is 19.7. The average Bonchev–Trinajstić information content (AvgIpc) is 3.65. The molecule has 1 fully saturated rings. The van der Waals surface area contributed by atoms with Gasteiger partial charge in [0.15, 0.2) is 11.7 Å². The van der Waals surface area contributed by atoms with Crippen molar-refractivity contribution in [2.75, 3.05) is 13.1 Å². The minimum absolute atomic E-state index is 0.0117. The Kier molecular flexibility index (Phi) is 5.87. The highest BCUT2D eigenvalue weighted by Crippen LogP contribution is 2.37. The number of para-hydroxylation sites is 1. The maximum Gasteiger partial charge on any atom is 0.256 e. The topological polar surface area (TPSA) is 77.1 Å². The maximum absolute atomic E-state index is 13.6. The summed E-state index contributed by atoms with van der Waals surface area (Å²) in [6.45, 7) is 1.23. The lowest BCUT2D eigenvalue weighted by Gasteiger charge is -2.31. The lowest BCUT2D eigenvalue weighted by Crippen LogP contribution is -2.39. The number of piperidine rings is 1. The predicted molar refractivity (Wildman–Crippen MR) is 137 cm³/mol. The van der Waals surface area contributed by atoms with Crippen LogP contribution in [-0.4, -0.2) is 43.9 Å². The summed E-state index contributed by atoms with van der Waals surface area (Å²) in [7, 11) is 0. The van der Waals surface area contributed by atoms with Gasteiger partial charge in [-0.15, -0.1) is 0 Å². The van der Waals surface area contributed by atoms with Gasteiger partial charge in [-0.3, -0.25) is 4.79 Å². The van der Waals surface area contributed by atoms with Gasteiger partial charge in [0.2, 0.25) is 0 Å². The van der Waals surface area contributed by atoms with E-state index in [0.29, 0.717) is 30.2 Å². The van der Waals surface area contributed by atoms with Crippen LogP contribution in [-0.2, 0) is 0 Å². The molecule has 0 aliphatic carbocycles. The number of rotatable bonds is 5. The number of hydrogen-bond acceptors (Lipinski definition) is 5. The SMILES string of the molecule is O=C(c1ccccc1-n1nccn1)N1CCCC(c2nc(-c3ccccc3)c(-c3ccccc3)o2)C1. The van der Waals surface area contributed by atoms with E-state index in [2.05, 4.69) is 10.2 Å². The summed E-state index contributed by atoms with van der Waals surface area (Å²) >= 11 is 0. The molecule has 1 saturated heterocycles. The second-order valence-electron chi connectivity index (χ2n) is 8.89. The van der Waals surface area contributed by atoms with Crippen LogP contribution in [0.3, 0.4) is 0 Å². The van der Waals surface area contributed by atoms with Gasteiger partial charge in [-0.05, 0) is 25.0 Å². The molecule has 3 heterocycles. The molecular formula is C29H25N5O2. The molecule has 7 heteroatoms. The Balaban J connectivity index is 1.32. The molecule has 1 atom stereocenters. The number of oxazole rings is 1. The van der Waals surface area contributed by atoms with E-state index in [1.54, 1.807) is 12.4 Å². The molecule has 36 heavy (non-hydrogen) atoms. The van der Waals surface area contributed by atoms with Crippen molar-refractivity contribution in [1.29, 1.82) is 0 Å². The molecule has 2 aromatic heterocycles. The van der Waals surface area contributed by atoms with E-state index in [0.717, 1.165) is 35.4 Å². The minimum Gasteiger partial charge on any atom is -0.440 e. The van der Waals surface area contributed by atoms with Gasteiger partial charge in [0.25, 0.3) is 5.91 Å². The number of likely N-dealkylation sites (tertiary alicyclic amines) is 1. The molecule has 0 saturated carbocycles. The van der Waals surface area contributed by atoms with E-state index < -0.39 is 0 Å². The third kappa shape index (κ3) is 4.20. The van der Waals surface area contributed by atoms with Crippen LogP contribution in [0, 0.1) is 0 Å². The number of carbonyl (C=O) groups is 1. The van der Waals surface area contributed by atoms with Crippen LogP contribution < -0.4 is 0 Å². The molecule has 0 radical (unpaired) electrons. The van der Waals surface area contributed by atoms with Crippen molar-refractivity contribution in [2.45, 2.75) is 18.8 Å². The third-order valence-electron chi connectivity index (χ3n) is 6.55. The van der Waals surface area contributed by atoms with Crippen molar-refractivity contribution >= 4 is 5.91 Å². The summed E-state index contributed by atoms with van der Waals surface area (Å²) < 4.78 is 6.44. The van der Waals surface area contributed by atoms with Gasteiger partial charge in [0.05, 0.1) is 29.6 Å². The smallest absolute Gasteiger partial charge is 0.256 e. The average molecular weight is 476 g/mol. The van der Waals surface area contributed by atoms with Gasteiger partial charge in [-0.1, -0.05) is 72.8 Å². The lowest BCUT2D eigenvalue weighted by atomic mass is 9.97. The number of aromatic nitrogens is 4. The molecule has 3 aromatic carbocycles. The zero-order chi connectivity index (χ0) is 24.3. The van der Waals surface area contributed by atoms with Gasteiger partial charge in [-0.25, -0.2) is 4.98 Å². The molecule has 0 spiro atoms. The minimum atomic E-state index is -0.0364. The highest BCUT2D eigenvalue weighted by atomic mass is 16.4. The van der Waals surface area contributed by atoms with Gasteiger partial charge in [-0.2, -0.15) is 15.0 Å². The van der Waals surface area contributed by atoms with Crippen LogP contribution in [0.25, 0.3) is 28.3 Å². The van der Waals surface area contributed by atoms with E-state index >= 15 is 0 Å². The largest absolute Gasteiger partial charge is 0.440 e. The maximum atomic E-state index is 13.6. The first-order valence-electron chi connectivity index (χ1n) is 12.1. The molecule has 1 amide bonds. The molecule has 7 nitrogen and oxygen atoms in total. The van der Waals surface area contributed by atoms with E-state index in [-0.39, 0.29) is 11.8 Å². The first kappa shape index (κ1) is 22.0. The number of amides is 1. The van der Waals surface area contributed by atoms with Gasteiger partial charge in [0, 0.05) is 24.2 Å². The van der Waals surface area contributed by atoms with Crippen molar-refractivity contribution in [3.8, 4) is 28.3 Å². The van der Waals surface area contributed by atoms with E-state index in [1.807, 2.05) is 89.8 Å². The highest BCUT2D eigenvalue weighted by Gasteiger charge is 2.31. The standard InChI is InChI=1S/C29H25N5O2/c35-29(24-15-7-8-16-25(24)34-30-17-18-31-34)33-19-9-14-23(20-33)28-32-26(21-10-3-1-4-11-21)27(36-28)22-12-5-2-6-13-22/h1-8,10-13,15-18,23H,9,14,19-20H2. The van der Waals surface area contributed by atoms with Crippen LogP contribution in [0.15, 0.2) is 102 Å². The Morgan fingerprint density at radius 2 is 1.50 bits per heavy atom. The van der Waals surface area contributed by atoms with Crippen LogP contribution >= 0.6 is 0 Å². The van der Waals surface area contributed by atoms with Crippen molar-refractivity contribution in [3.63, 3.8) is 0 Å². The Bertz CT molecular complexity index is 1410. The Hall–Kier alpha value is -4.52. The van der Waals surface area contributed by atoms with Gasteiger partial charge in [0.1, 0.15) is 5.69 Å². The summed E-state index contributed by atoms with van der Waals surface area (Å²) in [5, 5.41) is 8.43.